The summed E-state index contributed by atoms with van der Waals surface area (Å²) in [6.07, 6.45) is -5.96. The Bertz CT molecular complexity index is 181. The third kappa shape index (κ3) is 4.72. The Morgan fingerprint density at radius 3 is 2.31 bits per heavy atom. The molecule has 3 nitrogen and oxygen atoms in total. The van der Waals surface area contributed by atoms with Crippen LogP contribution in [0.5, 0.6) is 0 Å². The second-order valence-corrected chi connectivity index (χ2v) is 2.83. The van der Waals surface area contributed by atoms with Crippen molar-refractivity contribution in [2.24, 2.45) is 0 Å². The van der Waals surface area contributed by atoms with Crippen molar-refractivity contribution in [1.29, 1.82) is 0 Å². The van der Waals surface area contributed by atoms with Crippen molar-refractivity contribution in [1.82, 2.24) is 4.90 Å². The number of aliphatic hydroxyl groups is 1. The zero-order valence-corrected chi connectivity index (χ0v) is 7.43. The Kier molecular flexibility index (Phi) is 4.19. The Morgan fingerprint density at radius 2 is 2.00 bits per heavy atom. The number of likely N-dealkylation sites (N-methyl/N-ethyl adjacent to an activating group) is 1. The van der Waals surface area contributed by atoms with Crippen LogP contribution in [0.25, 0.3) is 0 Å². The molecular weight excluding hydrogens is 187 g/mol. The van der Waals surface area contributed by atoms with Gasteiger partial charge in [0.05, 0.1) is 12.6 Å². The third-order valence-corrected chi connectivity index (χ3v) is 1.67. The van der Waals surface area contributed by atoms with Crippen molar-refractivity contribution in [2.45, 2.75) is 25.6 Å². The van der Waals surface area contributed by atoms with E-state index in [4.69, 9.17) is 5.11 Å². The number of hydrogen-bond acceptors (Lipinski definition) is 2. The fourth-order valence-electron chi connectivity index (χ4n) is 0.664. The van der Waals surface area contributed by atoms with E-state index in [1.54, 1.807) is 0 Å². The standard InChI is InChI=1S/C7H12F3NO2/c1-5(4-12)11(2)6(13)3-7(8,9)10/h5,12H,3-4H2,1-2H3. The molecule has 0 aliphatic carbocycles. The number of rotatable bonds is 3. The number of alkyl halides is 3. The van der Waals surface area contributed by atoms with Gasteiger partial charge in [0, 0.05) is 7.05 Å². The molecule has 0 saturated carbocycles. The van der Waals surface area contributed by atoms with Gasteiger partial charge in [-0.15, -0.1) is 0 Å². The summed E-state index contributed by atoms with van der Waals surface area (Å²) in [4.78, 5) is 11.7. The van der Waals surface area contributed by atoms with Gasteiger partial charge in [0.15, 0.2) is 0 Å². The van der Waals surface area contributed by atoms with Crippen LogP contribution in [0.1, 0.15) is 13.3 Å². The van der Waals surface area contributed by atoms with Crippen LogP contribution in [0, 0.1) is 0 Å². The van der Waals surface area contributed by atoms with Gasteiger partial charge in [0.25, 0.3) is 0 Å². The van der Waals surface area contributed by atoms with Crippen LogP contribution >= 0.6 is 0 Å². The van der Waals surface area contributed by atoms with E-state index in [0.717, 1.165) is 4.90 Å². The SMILES string of the molecule is CC(CO)N(C)C(=O)CC(F)(F)F. The van der Waals surface area contributed by atoms with E-state index in [-0.39, 0.29) is 6.61 Å². The molecule has 13 heavy (non-hydrogen) atoms. The highest BCUT2D eigenvalue weighted by molar-refractivity contribution is 5.76. The average Bonchev–Trinajstić information content (AvgIpc) is 1.98. The first-order chi connectivity index (χ1) is 5.78. The van der Waals surface area contributed by atoms with Gasteiger partial charge in [0.2, 0.25) is 5.91 Å². The Labute approximate surface area is 74.1 Å². The molecule has 6 heteroatoms. The van der Waals surface area contributed by atoms with E-state index in [1.807, 2.05) is 0 Å². The summed E-state index contributed by atoms with van der Waals surface area (Å²) in [5.41, 5.74) is 0. The monoisotopic (exact) mass is 199 g/mol. The fourth-order valence-corrected chi connectivity index (χ4v) is 0.664. The molecule has 1 unspecified atom stereocenters. The van der Waals surface area contributed by atoms with Gasteiger partial charge in [-0.25, -0.2) is 0 Å². The minimum Gasteiger partial charge on any atom is -0.394 e. The maximum Gasteiger partial charge on any atom is 0.397 e. The zero-order valence-electron chi connectivity index (χ0n) is 7.43. The normalized spacial score (nSPS) is 14.0. The fraction of sp³-hybridized carbons (Fsp3) is 0.857. The van der Waals surface area contributed by atoms with E-state index in [9.17, 15) is 18.0 Å². The molecule has 1 atom stereocenters. The molecule has 1 amide bonds. The molecule has 0 aromatic rings. The van der Waals surface area contributed by atoms with Crippen molar-refractivity contribution >= 4 is 5.91 Å². The quantitative estimate of drug-likeness (QED) is 0.729. The van der Waals surface area contributed by atoms with E-state index >= 15 is 0 Å². The van der Waals surface area contributed by atoms with Crippen molar-refractivity contribution in [3.05, 3.63) is 0 Å². The number of carbonyl (C=O) groups excluding carboxylic acids is 1. The highest BCUT2D eigenvalue weighted by Crippen LogP contribution is 2.20. The maximum absolute atomic E-state index is 11.7. The molecule has 0 spiro atoms. The molecule has 0 aromatic heterocycles. The van der Waals surface area contributed by atoms with Gasteiger partial charge in [-0.05, 0) is 6.92 Å². The highest BCUT2D eigenvalue weighted by atomic mass is 19.4. The van der Waals surface area contributed by atoms with Crippen molar-refractivity contribution < 1.29 is 23.1 Å². The number of aliphatic hydroxyl groups excluding tert-OH is 1. The first-order valence-electron chi connectivity index (χ1n) is 3.71. The van der Waals surface area contributed by atoms with E-state index in [2.05, 4.69) is 0 Å². The van der Waals surface area contributed by atoms with Crippen molar-refractivity contribution in [2.75, 3.05) is 13.7 Å². The Morgan fingerprint density at radius 1 is 1.54 bits per heavy atom. The predicted octanol–water partition coefficient (Wildman–Crippen LogP) is 0.778. The van der Waals surface area contributed by atoms with Crippen molar-refractivity contribution in [3.63, 3.8) is 0 Å². The number of hydrogen-bond donors (Lipinski definition) is 1. The molecule has 0 radical (unpaired) electrons. The van der Waals surface area contributed by atoms with Crippen LogP contribution in [0.4, 0.5) is 13.2 Å². The first kappa shape index (κ1) is 12.2. The largest absolute Gasteiger partial charge is 0.397 e. The zero-order chi connectivity index (χ0) is 10.6. The molecule has 0 heterocycles. The second-order valence-electron chi connectivity index (χ2n) is 2.83. The minimum atomic E-state index is -4.49. The summed E-state index contributed by atoms with van der Waals surface area (Å²) in [6, 6.07) is -0.588. The number of carbonyl (C=O) groups is 1. The lowest BCUT2D eigenvalue weighted by Crippen LogP contribution is -2.39. The van der Waals surface area contributed by atoms with Crippen LogP contribution in [-0.2, 0) is 4.79 Å². The number of halogens is 3. The molecule has 0 aromatic carbocycles. The second kappa shape index (κ2) is 4.45. The molecule has 78 valence electrons. The van der Waals surface area contributed by atoms with Gasteiger partial charge >= 0.3 is 6.18 Å². The highest BCUT2D eigenvalue weighted by Gasteiger charge is 2.33. The van der Waals surface area contributed by atoms with Crippen molar-refractivity contribution in [3.8, 4) is 0 Å². The summed E-state index contributed by atoms with van der Waals surface area (Å²) in [6.45, 7) is 1.12. The lowest BCUT2D eigenvalue weighted by Gasteiger charge is -2.23. The topological polar surface area (TPSA) is 40.5 Å². The smallest absolute Gasteiger partial charge is 0.394 e. The molecule has 0 bridgehead atoms. The molecule has 0 saturated heterocycles. The van der Waals surface area contributed by atoms with Crippen LogP contribution in [0.3, 0.4) is 0 Å². The van der Waals surface area contributed by atoms with Crippen LogP contribution in [0.15, 0.2) is 0 Å². The van der Waals surface area contributed by atoms with Gasteiger partial charge in [-0.1, -0.05) is 0 Å². The Hall–Kier alpha value is -0.780. The first-order valence-corrected chi connectivity index (χ1v) is 3.71. The predicted molar refractivity (Wildman–Crippen MR) is 40.0 cm³/mol. The lowest BCUT2D eigenvalue weighted by molar-refractivity contribution is -0.162. The summed E-state index contributed by atoms with van der Waals surface area (Å²) >= 11 is 0. The molecular formula is C7H12F3NO2. The summed E-state index contributed by atoms with van der Waals surface area (Å²) < 4.78 is 35.2. The molecule has 0 rings (SSSR count). The third-order valence-electron chi connectivity index (χ3n) is 1.67. The van der Waals surface area contributed by atoms with Crippen LogP contribution < -0.4 is 0 Å². The van der Waals surface area contributed by atoms with Crippen LogP contribution in [0.2, 0.25) is 0 Å². The maximum atomic E-state index is 11.7. The van der Waals surface area contributed by atoms with Gasteiger partial charge in [-0.3, -0.25) is 4.79 Å². The number of amides is 1. The molecule has 0 fully saturated rings. The minimum absolute atomic E-state index is 0.347. The molecule has 1 N–H and O–H groups in total. The summed E-state index contributed by atoms with van der Waals surface area (Å²) in [5, 5.41) is 8.58. The molecule has 0 aliphatic rings. The van der Waals surface area contributed by atoms with Crippen LogP contribution in [-0.4, -0.2) is 41.8 Å². The molecule has 0 aliphatic heterocycles. The van der Waals surface area contributed by atoms with E-state index in [1.165, 1.54) is 14.0 Å². The van der Waals surface area contributed by atoms with Gasteiger partial charge in [0.1, 0.15) is 6.42 Å². The number of nitrogens with zero attached hydrogens (tertiary/aromatic N) is 1. The van der Waals surface area contributed by atoms with Gasteiger partial charge < -0.3 is 10.0 Å². The van der Waals surface area contributed by atoms with E-state index < -0.39 is 24.5 Å². The Balaban J connectivity index is 4.12. The van der Waals surface area contributed by atoms with E-state index in [0.29, 0.717) is 0 Å². The van der Waals surface area contributed by atoms with Gasteiger partial charge in [-0.2, -0.15) is 13.2 Å². The lowest BCUT2D eigenvalue weighted by atomic mass is 10.3. The average molecular weight is 199 g/mol. The summed E-state index contributed by atoms with van der Waals surface area (Å²) in [5.74, 6) is -1.03. The summed E-state index contributed by atoms with van der Waals surface area (Å²) in [7, 11) is 1.23.